The molecule has 2 rings (SSSR count). The molecule has 2 N–H and O–H groups in total. The number of hydrogen-bond donors (Lipinski definition) is 1. The molecular weight excluding hydrogens is 214 g/mol. The van der Waals surface area contributed by atoms with Gasteiger partial charge in [-0.1, -0.05) is 18.2 Å². The Kier molecular flexibility index (Phi) is 3.93. The van der Waals surface area contributed by atoms with Gasteiger partial charge in [-0.25, -0.2) is 0 Å². The van der Waals surface area contributed by atoms with Gasteiger partial charge in [-0.3, -0.25) is 0 Å². The minimum absolute atomic E-state index is 0.262. The molecule has 1 nitrogen and oxygen atoms in total. The second-order valence-electron chi connectivity index (χ2n) is 4.10. The first-order chi connectivity index (χ1) is 7.81. The van der Waals surface area contributed by atoms with Crippen LogP contribution in [0.5, 0.6) is 0 Å². The van der Waals surface area contributed by atoms with E-state index >= 15 is 0 Å². The van der Waals surface area contributed by atoms with Crippen LogP contribution in [-0.4, -0.2) is 11.3 Å². The first-order valence-corrected chi connectivity index (χ1v) is 6.59. The lowest BCUT2D eigenvalue weighted by Crippen LogP contribution is -2.31. The Morgan fingerprint density at radius 3 is 3.06 bits per heavy atom. The molecule has 0 fully saturated rings. The summed E-state index contributed by atoms with van der Waals surface area (Å²) >= 11 is 1.93. The fourth-order valence-electron chi connectivity index (χ4n) is 2.00. The summed E-state index contributed by atoms with van der Waals surface area (Å²) in [7, 11) is 0. The van der Waals surface area contributed by atoms with Crippen molar-refractivity contribution in [2.24, 2.45) is 5.73 Å². The van der Waals surface area contributed by atoms with Crippen LogP contribution in [0.25, 0.3) is 0 Å². The van der Waals surface area contributed by atoms with Gasteiger partial charge in [0.2, 0.25) is 0 Å². The molecule has 84 valence electrons. The van der Waals surface area contributed by atoms with E-state index in [1.54, 1.807) is 0 Å². The normalized spacial score (nSPS) is 19.8. The monoisotopic (exact) mass is 231 g/mol. The topological polar surface area (TPSA) is 26.0 Å². The van der Waals surface area contributed by atoms with Crippen molar-refractivity contribution < 1.29 is 0 Å². The molecule has 0 saturated carbocycles. The number of nitrogens with two attached hydrogens (primary N) is 1. The standard InChI is InChI=1S/C14H17NS/c1-2-3-4-8-12(15)14-10-11-7-5-6-9-13(11)16-14/h5-7,9,12,14H,4,8,10,15H2,1H3. The second-order valence-corrected chi connectivity index (χ2v) is 5.38. The van der Waals surface area contributed by atoms with Gasteiger partial charge in [0.05, 0.1) is 0 Å². The first-order valence-electron chi connectivity index (χ1n) is 5.71. The molecule has 1 aromatic rings. The van der Waals surface area contributed by atoms with Crippen molar-refractivity contribution in [2.75, 3.05) is 0 Å². The summed E-state index contributed by atoms with van der Waals surface area (Å²) in [4.78, 5) is 1.41. The third-order valence-electron chi connectivity index (χ3n) is 2.93. The van der Waals surface area contributed by atoms with Gasteiger partial charge in [-0.2, -0.15) is 0 Å². The van der Waals surface area contributed by atoms with E-state index in [-0.39, 0.29) is 6.04 Å². The summed E-state index contributed by atoms with van der Waals surface area (Å²) in [6.45, 7) is 1.88. The Morgan fingerprint density at radius 2 is 2.31 bits per heavy atom. The predicted molar refractivity (Wildman–Crippen MR) is 70.5 cm³/mol. The highest BCUT2D eigenvalue weighted by Crippen LogP contribution is 2.38. The van der Waals surface area contributed by atoms with Crippen molar-refractivity contribution >= 4 is 11.8 Å². The van der Waals surface area contributed by atoms with Crippen LogP contribution >= 0.6 is 11.8 Å². The van der Waals surface area contributed by atoms with Crippen LogP contribution in [0.1, 0.15) is 25.3 Å². The average Bonchev–Trinajstić information content (AvgIpc) is 2.73. The maximum Gasteiger partial charge on any atom is 0.0287 e. The molecule has 0 bridgehead atoms. The van der Waals surface area contributed by atoms with E-state index in [4.69, 9.17) is 5.73 Å². The lowest BCUT2D eigenvalue weighted by molar-refractivity contribution is 0.597. The Balaban J connectivity index is 1.92. The molecule has 0 aliphatic carbocycles. The maximum atomic E-state index is 6.21. The number of fused-ring (bicyclic) bond motifs is 1. The smallest absolute Gasteiger partial charge is 0.0287 e. The van der Waals surface area contributed by atoms with Crippen molar-refractivity contribution in [1.82, 2.24) is 0 Å². The average molecular weight is 231 g/mol. The van der Waals surface area contributed by atoms with Crippen LogP contribution in [0.3, 0.4) is 0 Å². The Bertz CT molecular complexity index is 391. The van der Waals surface area contributed by atoms with Gasteiger partial charge < -0.3 is 5.73 Å². The minimum atomic E-state index is 0.262. The SMILES string of the molecule is CC#CCCC(N)C1Cc2ccccc2S1. The van der Waals surface area contributed by atoms with Crippen LogP contribution < -0.4 is 5.73 Å². The highest BCUT2D eigenvalue weighted by molar-refractivity contribution is 8.00. The van der Waals surface area contributed by atoms with E-state index in [2.05, 4.69) is 36.1 Å². The van der Waals surface area contributed by atoms with Gasteiger partial charge in [0.25, 0.3) is 0 Å². The van der Waals surface area contributed by atoms with E-state index in [1.807, 2.05) is 18.7 Å². The predicted octanol–water partition coefficient (Wildman–Crippen LogP) is 2.83. The third kappa shape index (κ3) is 2.61. The van der Waals surface area contributed by atoms with Crippen LogP contribution in [0.4, 0.5) is 0 Å². The fraction of sp³-hybridized carbons (Fsp3) is 0.429. The molecule has 2 heteroatoms. The van der Waals surface area contributed by atoms with Gasteiger partial charge >= 0.3 is 0 Å². The van der Waals surface area contributed by atoms with Gasteiger partial charge in [0.15, 0.2) is 0 Å². The first kappa shape index (κ1) is 11.6. The molecule has 2 atom stereocenters. The Morgan fingerprint density at radius 1 is 1.50 bits per heavy atom. The van der Waals surface area contributed by atoms with Crippen molar-refractivity contribution in [3.63, 3.8) is 0 Å². The van der Waals surface area contributed by atoms with Gasteiger partial charge in [0, 0.05) is 22.6 Å². The highest BCUT2D eigenvalue weighted by Gasteiger charge is 2.26. The van der Waals surface area contributed by atoms with E-state index in [0.717, 1.165) is 19.3 Å². The molecule has 0 amide bonds. The van der Waals surface area contributed by atoms with E-state index in [0.29, 0.717) is 5.25 Å². The zero-order valence-corrected chi connectivity index (χ0v) is 10.4. The number of hydrogen-bond acceptors (Lipinski definition) is 2. The molecule has 1 aliphatic rings. The van der Waals surface area contributed by atoms with Crippen molar-refractivity contribution in [3.8, 4) is 11.8 Å². The number of benzene rings is 1. The molecule has 2 unspecified atom stereocenters. The van der Waals surface area contributed by atoms with Gasteiger partial charge in [-0.05, 0) is 31.4 Å². The van der Waals surface area contributed by atoms with Crippen molar-refractivity contribution in [1.29, 1.82) is 0 Å². The Labute approximate surface area is 102 Å². The van der Waals surface area contributed by atoms with Crippen molar-refractivity contribution in [2.45, 2.75) is 42.4 Å². The van der Waals surface area contributed by atoms with Gasteiger partial charge in [0.1, 0.15) is 0 Å². The van der Waals surface area contributed by atoms with Crippen LogP contribution in [-0.2, 0) is 6.42 Å². The summed E-state index contributed by atoms with van der Waals surface area (Å²) in [5, 5.41) is 0.538. The zero-order chi connectivity index (χ0) is 11.4. The summed E-state index contributed by atoms with van der Waals surface area (Å²) in [5.41, 5.74) is 7.66. The number of rotatable bonds is 3. The molecule has 0 radical (unpaired) electrons. The fourth-order valence-corrected chi connectivity index (χ4v) is 3.36. The lowest BCUT2D eigenvalue weighted by atomic mass is 10.0. The largest absolute Gasteiger partial charge is 0.327 e. The van der Waals surface area contributed by atoms with Gasteiger partial charge in [-0.15, -0.1) is 23.6 Å². The summed E-state index contributed by atoms with van der Waals surface area (Å²) in [6, 6.07) is 8.87. The minimum Gasteiger partial charge on any atom is -0.327 e. The van der Waals surface area contributed by atoms with Crippen molar-refractivity contribution in [3.05, 3.63) is 29.8 Å². The summed E-state index contributed by atoms with van der Waals surface area (Å²) in [6.07, 6.45) is 3.04. The molecule has 0 aromatic heterocycles. The molecule has 1 aromatic carbocycles. The molecule has 0 saturated heterocycles. The van der Waals surface area contributed by atoms with E-state index in [9.17, 15) is 0 Å². The summed E-state index contributed by atoms with van der Waals surface area (Å²) in [5.74, 6) is 6.00. The number of thioether (sulfide) groups is 1. The molecular formula is C14H17NS. The molecule has 0 spiro atoms. The molecule has 1 heterocycles. The highest BCUT2D eigenvalue weighted by atomic mass is 32.2. The second kappa shape index (κ2) is 5.43. The zero-order valence-electron chi connectivity index (χ0n) is 9.57. The van der Waals surface area contributed by atoms with Crippen LogP contribution in [0, 0.1) is 11.8 Å². The molecule has 1 aliphatic heterocycles. The summed E-state index contributed by atoms with van der Waals surface area (Å²) < 4.78 is 0. The quantitative estimate of drug-likeness (QED) is 0.810. The third-order valence-corrected chi connectivity index (χ3v) is 4.40. The van der Waals surface area contributed by atoms with E-state index in [1.165, 1.54) is 10.5 Å². The Hall–Kier alpha value is -0.910. The lowest BCUT2D eigenvalue weighted by Gasteiger charge is -2.16. The molecule has 16 heavy (non-hydrogen) atoms. The van der Waals surface area contributed by atoms with E-state index < -0.39 is 0 Å². The maximum absolute atomic E-state index is 6.21. The van der Waals surface area contributed by atoms with Crippen LogP contribution in [0.2, 0.25) is 0 Å². The van der Waals surface area contributed by atoms with Crippen LogP contribution in [0.15, 0.2) is 29.2 Å².